The number of rotatable bonds is 5. The van der Waals surface area contributed by atoms with Crippen LogP contribution in [0.15, 0.2) is 67.6 Å². The van der Waals surface area contributed by atoms with Gasteiger partial charge in [-0.1, -0.05) is 30.3 Å². The number of carbonyl (C=O) groups is 1. The Morgan fingerprint density at radius 1 is 1.04 bits per heavy atom. The van der Waals surface area contributed by atoms with Crippen LogP contribution in [0.1, 0.15) is 29.5 Å². The molecule has 3 heterocycles. The first-order valence-corrected chi connectivity index (χ1v) is 8.85. The standard InChI is InChI=1S/C20H21N5O/c26-20(7-10-24-11-9-22-15-24)25-12-17(16-4-2-1-3-5-16)18(13-25)19-6-8-21-14-23-19/h1-6,8-9,11,14-15,17-18H,7,10,12-13H2/t17-,18+/m0/s1. The molecule has 0 unspecified atom stereocenters. The summed E-state index contributed by atoms with van der Waals surface area (Å²) in [6.07, 6.45) is 9.20. The quantitative estimate of drug-likeness (QED) is 0.711. The predicted octanol–water partition coefficient (Wildman–Crippen LogP) is 2.47. The van der Waals surface area contributed by atoms with Crippen LogP contribution in [-0.4, -0.2) is 43.4 Å². The number of aromatic nitrogens is 4. The minimum atomic E-state index is 0.177. The van der Waals surface area contributed by atoms with Crippen molar-refractivity contribution >= 4 is 5.91 Å². The zero-order valence-corrected chi connectivity index (χ0v) is 14.5. The van der Waals surface area contributed by atoms with E-state index in [1.807, 2.05) is 27.8 Å². The van der Waals surface area contributed by atoms with E-state index in [1.54, 1.807) is 25.0 Å². The van der Waals surface area contributed by atoms with Gasteiger partial charge in [-0.15, -0.1) is 0 Å². The van der Waals surface area contributed by atoms with Crippen LogP contribution in [0.3, 0.4) is 0 Å². The average Bonchev–Trinajstić information content (AvgIpc) is 3.37. The smallest absolute Gasteiger partial charge is 0.224 e. The van der Waals surface area contributed by atoms with Gasteiger partial charge in [0.05, 0.1) is 6.33 Å². The van der Waals surface area contributed by atoms with Crippen molar-refractivity contribution in [2.75, 3.05) is 13.1 Å². The van der Waals surface area contributed by atoms with Crippen molar-refractivity contribution in [3.8, 4) is 0 Å². The fraction of sp³-hybridized carbons (Fsp3) is 0.300. The Morgan fingerprint density at radius 3 is 2.62 bits per heavy atom. The molecule has 2 atom stereocenters. The van der Waals surface area contributed by atoms with E-state index >= 15 is 0 Å². The summed E-state index contributed by atoms with van der Waals surface area (Å²) in [5.74, 6) is 0.622. The molecule has 4 rings (SSSR count). The number of likely N-dealkylation sites (tertiary alicyclic amines) is 1. The van der Waals surface area contributed by atoms with Crippen LogP contribution >= 0.6 is 0 Å². The Balaban J connectivity index is 1.52. The third-order valence-corrected chi connectivity index (χ3v) is 5.03. The summed E-state index contributed by atoms with van der Waals surface area (Å²) < 4.78 is 1.94. The lowest BCUT2D eigenvalue weighted by Crippen LogP contribution is -2.29. The number of carbonyl (C=O) groups excluding carboxylic acids is 1. The number of benzene rings is 1. The van der Waals surface area contributed by atoms with Crippen LogP contribution in [0.5, 0.6) is 0 Å². The maximum absolute atomic E-state index is 12.8. The van der Waals surface area contributed by atoms with Gasteiger partial charge in [0, 0.05) is 62.2 Å². The van der Waals surface area contributed by atoms with Crippen LogP contribution in [0, 0.1) is 0 Å². The van der Waals surface area contributed by atoms with E-state index in [0.29, 0.717) is 19.5 Å². The third kappa shape index (κ3) is 3.49. The molecule has 1 amide bonds. The normalized spacial score (nSPS) is 19.6. The molecule has 132 valence electrons. The summed E-state index contributed by atoms with van der Waals surface area (Å²) in [5.41, 5.74) is 2.25. The number of imidazole rings is 1. The van der Waals surface area contributed by atoms with Crippen LogP contribution in [0.25, 0.3) is 0 Å². The third-order valence-electron chi connectivity index (χ3n) is 5.03. The van der Waals surface area contributed by atoms with Gasteiger partial charge >= 0.3 is 0 Å². The highest BCUT2D eigenvalue weighted by Gasteiger charge is 2.37. The minimum absolute atomic E-state index is 0.177. The fourth-order valence-corrected chi connectivity index (χ4v) is 3.67. The molecular formula is C20H21N5O. The van der Waals surface area contributed by atoms with E-state index < -0.39 is 0 Å². The molecule has 1 aliphatic heterocycles. The van der Waals surface area contributed by atoms with Crippen molar-refractivity contribution in [3.63, 3.8) is 0 Å². The van der Waals surface area contributed by atoms with Crippen LogP contribution in [-0.2, 0) is 11.3 Å². The molecule has 2 aromatic heterocycles. The molecule has 0 saturated carbocycles. The predicted molar refractivity (Wildman–Crippen MR) is 97.4 cm³/mol. The van der Waals surface area contributed by atoms with Crippen LogP contribution in [0.2, 0.25) is 0 Å². The van der Waals surface area contributed by atoms with E-state index in [4.69, 9.17) is 0 Å². The molecule has 6 heteroatoms. The van der Waals surface area contributed by atoms with Gasteiger partial charge in [0.2, 0.25) is 5.91 Å². The molecule has 1 saturated heterocycles. The summed E-state index contributed by atoms with van der Waals surface area (Å²) in [7, 11) is 0. The summed E-state index contributed by atoms with van der Waals surface area (Å²) in [6.45, 7) is 2.07. The van der Waals surface area contributed by atoms with Crippen molar-refractivity contribution in [2.24, 2.45) is 0 Å². The van der Waals surface area contributed by atoms with Gasteiger partial charge in [-0.2, -0.15) is 0 Å². The average molecular weight is 347 g/mol. The highest BCUT2D eigenvalue weighted by atomic mass is 16.2. The van der Waals surface area contributed by atoms with E-state index in [2.05, 4.69) is 39.2 Å². The molecule has 26 heavy (non-hydrogen) atoms. The second-order valence-corrected chi connectivity index (χ2v) is 6.61. The molecule has 0 aliphatic carbocycles. The SMILES string of the molecule is O=C(CCn1ccnc1)N1C[C@@H](c2ccccc2)[C@H](c2ccncn2)C1. The lowest BCUT2D eigenvalue weighted by Gasteiger charge is -2.17. The first-order valence-electron chi connectivity index (χ1n) is 8.85. The van der Waals surface area contributed by atoms with Gasteiger partial charge in [-0.25, -0.2) is 15.0 Å². The molecule has 3 aromatic rings. The van der Waals surface area contributed by atoms with Gasteiger partial charge < -0.3 is 9.47 Å². The Bertz CT molecular complexity index is 788. The molecule has 0 radical (unpaired) electrons. The van der Waals surface area contributed by atoms with Gasteiger partial charge in [0.25, 0.3) is 0 Å². The number of aryl methyl sites for hydroxylation is 1. The number of amides is 1. The first kappa shape index (κ1) is 16.4. The number of nitrogens with zero attached hydrogens (tertiary/aromatic N) is 5. The summed E-state index contributed by atoms with van der Waals surface area (Å²) in [4.78, 5) is 27.2. The minimum Gasteiger partial charge on any atom is -0.341 e. The number of hydrogen-bond donors (Lipinski definition) is 0. The summed E-state index contributed by atoms with van der Waals surface area (Å²) >= 11 is 0. The zero-order valence-electron chi connectivity index (χ0n) is 14.5. The zero-order chi connectivity index (χ0) is 17.8. The Labute approximate surface area is 152 Å². The van der Waals surface area contributed by atoms with E-state index in [0.717, 1.165) is 12.2 Å². The van der Waals surface area contributed by atoms with E-state index in [1.165, 1.54) is 5.56 Å². The van der Waals surface area contributed by atoms with E-state index in [-0.39, 0.29) is 17.7 Å². The lowest BCUT2D eigenvalue weighted by atomic mass is 9.87. The van der Waals surface area contributed by atoms with Crippen LogP contribution in [0.4, 0.5) is 0 Å². The summed E-state index contributed by atoms with van der Waals surface area (Å²) in [6, 6.07) is 12.4. The first-order chi connectivity index (χ1) is 12.8. The Kier molecular flexibility index (Phi) is 4.73. The molecule has 1 aliphatic rings. The second kappa shape index (κ2) is 7.47. The van der Waals surface area contributed by atoms with Crippen molar-refractivity contribution in [1.82, 2.24) is 24.4 Å². The van der Waals surface area contributed by atoms with Crippen molar-refractivity contribution < 1.29 is 4.79 Å². The highest BCUT2D eigenvalue weighted by molar-refractivity contribution is 5.76. The van der Waals surface area contributed by atoms with Gasteiger partial charge in [-0.05, 0) is 11.6 Å². The molecule has 0 N–H and O–H groups in total. The molecule has 1 aromatic carbocycles. The molecule has 6 nitrogen and oxygen atoms in total. The largest absolute Gasteiger partial charge is 0.341 e. The maximum Gasteiger partial charge on any atom is 0.224 e. The highest BCUT2D eigenvalue weighted by Crippen LogP contribution is 2.38. The number of hydrogen-bond acceptors (Lipinski definition) is 4. The maximum atomic E-state index is 12.8. The topological polar surface area (TPSA) is 63.9 Å². The van der Waals surface area contributed by atoms with Crippen molar-refractivity contribution in [2.45, 2.75) is 24.8 Å². The Morgan fingerprint density at radius 2 is 1.88 bits per heavy atom. The second-order valence-electron chi connectivity index (χ2n) is 6.61. The van der Waals surface area contributed by atoms with E-state index in [9.17, 15) is 4.79 Å². The van der Waals surface area contributed by atoms with Gasteiger partial charge in [0.15, 0.2) is 0 Å². The monoisotopic (exact) mass is 347 g/mol. The summed E-state index contributed by atoms with van der Waals surface area (Å²) in [5, 5.41) is 0. The van der Waals surface area contributed by atoms with Crippen molar-refractivity contribution in [1.29, 1.82) is 0 Å². The van der Waals surface area contributed by atoms with Gasteiger partial charge in [-0.3, -0.25) is 4.79 Å². The Hall–Kier alpha value is -3.02. The van der Waals surface area contributed by atoms with Gasteiger partial charge in [0.1, 0.15) is 6.33 Å². The fourth-order valence-electron chi connectivity index (χ4n) is 3.67. The van der Waals surface area contributed by atoms with Crippen LogP contribution < -0.4 is 0 Å². The molecule has 0 bridgehead atoms. The lowest BCUT2D eigenvalue weighted by molar-refractivity contribution is -0.130. The molecule has 0 spiro atoms. The molecule has 1 fully saturated rings. The molecular weight excluding hydrogens is 326 g/mol. The van der Waals surface area contributed by atoms with Crippen molar-refractivity contribution in [3.05, 3.63) is 78.9 Å².